The van der Waals surface area contributed by atoms with Gasteiger partial charge in [-0.2, -0.15) is 5.10 Å². The Morgan fingerprint density at radius 2 is 1.83 bits per heavy atom. The molecule has 8 heteroatoms. The fourth-order valence-electron chi connectivity index (χ4n) is 2.69. The molecule has 0 saturated carbocycles. The van der Waals surface area contributed by atoms with Crippen LogP contribution in [0.3, 0.4) is 0 Å². The molecule has 1 aromatic heterocycles. The third kappa shape index (κ3) is 3.58. The van der Waals surface area contributed by atoms with E-state index in [1.54, 1.807) is 9.80 Å². The SMILES string of the molecule is O=C1CCC(C(=O)N2CCCN(C(=O)c3cccs3)CC2)=NN1. The van der Waals surface area contributed by atoms with Crippen LogP contribution in [0.25, 0.3) is 0 Å². The van der Waals surface area contributed by atoms with E-state index in [-0.39, 0.29) is 17.7 Å². The summed E-state index contributed by atoms with van der Waals surface area (Å²) in [6, 6.07) is 3.68. The van der Waals surface area contributed by atoms with Crippen LogP contribution >= 0.6 is 11.3 Å². The van der Waals surface area contributed by atoms with Gasteiger partial charge in [0.1, 0.15) is 5.71 Å². The zero-order chi connectivity index (χ0) is 16.2. The summed E-state index contributed by atoms with van der Waals surface area (Å²) in [5.41, 5.74) is 2.74. The summed E-state index contributed by atoms with van der Waals surface area (Å²) in [4.78, 5) is 40.2. The quantitative estimate of drug-likeness (QED) is 0.864. The number of hydrogen-bond acceptors (Lipinski definition) is 5. The Balaban J connectivity index is 1.61. The van der Waals surface area contributed by atoms with Crippen molar-refractivity contribution in [1.82, 2.24) is 15.2 Å². The topological polar surface area (TPSA) is 82.1 Å². The molecule has 2 aliphatic heterocycles. The highest BCUT2D eigenvalue weighted by atomic mass is 32.1. The number of carbonyl (C=O) groups is 3. The number of hydrazone groups is 1. The molecule has 23 heavy (non-hydrogen) atoms. The molecule has 0 unspecified atom stereocenters. The maximum atomic E-state index is 12.5. The van der Waals surface area contributed by atoms with E-state index in [2.05, 4.69) is 10.5 Å². The van der Waals surface area contributed by atoms with E-state index in [0.717, 1.165) is 11.3 Å². The minimum atomic E-state index is -0.162. The van der Waals surface area contributed by atoms with Crippen LogP contribution in [0.1, 0.15) is 28.9 Å². The van der Waals surface area contributed by atoms with Gasteiger partial charge in [-0.25, -0.2) is 5.43 Å². The summed E-state index contributed by atoms with van der Waals surface area (Å²) in [7, 11) is 0. The second-order valence-corrected chi connectivity index (χ2v) is 6.46. The summed E-state index contributed by atoms with van der Waals surface area (Å²) in [6.45, 7) is 2.24. The molecule has 3 rings (SSSR count). The lowest BCUT2D eigenvalue weighted by molar-refractivity contribution is -0.124. The Hall–Kier alpha value is -2.22. The van der Waals surface area contributed by atoms with Gasteiger partial charge in [-0.1, -0.05) is 6.07 Å². The molecule has 0 aromatic carbocycles. The number of carbonyl (C=O) groups excluding carboxylic acids is 3. The van der Waals surface area contributed by atoms with Crippen LogP contribution in [0, 0.1) is 0 Å². The number of hydrogen-bond donors (Lipinski definition) is 1. The largest absolute Gasteiger partial charge is 0.336 e. The molecule has 1 N–H and O–H groups in total. The Kier molecular flexibility index (Phi) is 4.71. The summed E-state index contributed by atoms with van der Waals surface area (Å²) in [5, 5.41) is 5.74. The highest BCUT2D eigenvalue weighted by Crippen LogP contribution is 2.14. The van der Waals surface area contributed by atoms with E-state index in [0.29, 0.717) is 44.7 Å². The van der Waals surface area contributed by atoms with E-state index in [9.17, 15) is 14.4 Å². The monoisotopic (exact) mass is 334 g/mol. The zero-order valence-electron chi connectivity index (χ0n) is 12.7. The molecule has 0 radical (unpaired) electrons. The minimum absolute atomic E-state index is 0.0246. The molecule has 3 amide bonds. The first-order valence-corrected chi connectivity index (χ1v) is 8.50. The number of rotatable bonds is 2. The lowest BCUT2D eigenvalue weighted by Gasteiger charge is -2.23. The van der Waals surface area contributed by atoms with Crippen molar-refractivity contribution in [2.45, 2.75) is 19.3 Å². The molecular formula is C15H18N4O3S. The highest BCUT2D eigenvalue weighted by Gasteiger charge is 2.27. The van der Waals surface area contributed by atoms with Crippen molar-refractivity contribution in [1.29, 1.82) is 0 Å². The summed E-state index contributed by atoms with van der Waals surface area (Å²) >= 11 is 1.43. The third-order valence-electron chi connectivity index (χ3n) is 3.95. The molecule has 7 nitrogen and oxygen atoms in total. The molecule has 1 fully saturated rings. The number of thiophene rings is 1. The van der Waals surface area contributed by atoms with Crippen LogP contribution in [-0.2, 0) is 9.59 Å². The van der Waals surface area contributed by atoms with Gasteiger partial charge >= 0.3 is 0 Å². The van der Waals surface area contributed by atoms with Crippen molar-refractivity contribution >= 4 is 34.8 Å². The van der Waals surface area contributed by atoms with Crippen LogP contribution < -0.4 is 5.43 Å². The molecule has 2 aliphatic rings. The summed E-state index contributed by atoms with van der Waals surface area (Å²) in [5.74, 6) is -0.280. The number of amides is 3. The van der Waals surface area contributed by atoms with E-state index < -0.39 is 0 Å². The van der Waals surface area contributed by atoms with E-state index in [1.807, 2.05) is 17.5 Å². The molecule has 122 valence electrons. The van der Waals surface area contributed by atoms with Gasteiger partial charge < -0.3 is 9.80 Å². The predicted octanol–water partition coefficient (Wildman–Crippen LogP) is 0.689. The second kappa shape index (κ2) is 6.91. The highest BCUT2D eigenvalue weighted by molar-refractivity contribution is 7.12. The van der Waals surface area contributed by atoms with Crippen molar-refractivity contribution in [2.75, 3.05) is 26.2 Å². The minimum Gasteiger partial charge on any atom is -0.336 e. The average molecular weight is 334 g/mol. The van der Waals surface area contributed by atoms with Crippen LogP contribution in [-0.4, -0.2) is 59.4 Å². The number of nitrogens with one attached hydrogen (secondary N) is 1. The molecule has 1 saturated heterocycles. The molecule has 0 atom stereocenters. The average Bonchev–Trinajstić information content (AvgIpc) is 2.99. The fraction of sp³-hybridized carbons (Fsp3) is 0.467. The smallest absolute Gasteiger partial charge is 0.270 e. The number of nitrogens with zero attached hydrogens (tertiary/aromatic N) is 3. The van der Waals surface area contributed by atoms with Crippen molar-refractivity contribution in [3.63, 3.8) is 0 Å². The first-order valence-electron chi connectivity index (χ1n) is 7.62. The maximum absolute atomic E-state index is 12.5. The van der Waals surface area contributed by atoms with Gasteiger partial charge in [0.15, 0.2) is 0 Å². The van der Waals surface area contributed by atoms with Crippen molar-refractivity contribution in [2.24, 2.45) is 5.10 Å². The van der Waals surface area contributed by atoms with Gasteiger partial charge in [-0.15, -0.1) is 11.3 Å². The fourth-order valence-corrected chi connectivity index (χ4v) is 3.38. The maximum Gasteiger partial charge on any atom is 0.270 e. The Morgan fingerprint density at radius 1 is 1.09 bits per heavy atom. The van der Waals surface area contributed by atoms with Gasteiger partial charge in [0.2, 0.25) is 5.91 Å². The van der Waals surface area contributed by atoms with Crippen LogP contribution in [0.15, 0.2) is 22.6 Å². The normalized spacial score (nSPS) is 19.0. The second-order valence-electron chi connectivity index (χ2n) is 5.51. The first-order chi connectivity index (χ1) is 11.1. The van der Waals surface area contributed by atoms with Crippen molar-refractivity contribution in [3.05, 3.63) is 22.4 Å². The lowest BCUT2D eigenvalue weighted by atomic mass is 10.1. The molecule has 0 bridgehead atoms. The zero-order valence-corrected chi connectivity index (χ0v) is 13.5. The summed E-state index contributed by atoms with van der Waals surface area (Å²) < 4.78 is 0. The Bertz CT molecular complexity index is 641. The van der Waals surface area contributed by atoms with Gasteiger partial charge in [0.25, 0.3) is 11.8 Å². The van der Waals surface area contributed by atoms with Gasteiger partial charge in [0, 0.05) is 39.0 Å². The molecular weight excluding hydrogens is 316 g/mol. The van der Waals surface area contributed by atoms with Crippen molar-refractivity contribution < 1.29 is 14.4 Å². The lowest BCUT2D eigenvalue weighted by Crippen LogP contribution is -2.42. The van der Waals surface area contributed by atoms with Crippen LogP contribution in [0.4, 0.5) is 0 Å². The van der Waals surface area contributed by atoms with E-state index in [4.69, 9.17) is 0 Å². The van der Waals surface area contributed by atoms with Crippen LogP contribution in [0.5, 0.6) is 0 Å². The van der Waals surface area contributed by atoms with E-state index in [1.165, 1.54) is 11.3 Å². The molecule has 1 aromatic rings. The molecule has 3 heterocycles. The van der Waals surface area contributed by atoms with Crippen molar-refractivity contribution in [3.8, 4) is 0 Å². The Morgan fingerprint density at radius 3 is 2.43 bits per heavy atom. The van der Waals surface area contributed by atoms with E-state index >= 15 is 0 Å². The standard InChI is InChI=1S/C15H18N4O3S/c20-13-5-4-11(16-17-13)14(21)18-6-2-7-19(9-8-18)15(22)12-3-1-10-23-12/h1,3,10H,2,4-9H2,(H,17,20). The first kappa shape index (κ1) is 15.7. The van der Waals surface area contributed by atoms with Gasteiger partial charge in [-0.05, 0) is 17.9 Å². The van der Waals surface area contributed by atoms with Crippen LogP contribution in [0.2, 0.25) is 0 Å². The molecule has 0 spiro atoms. The summed E-state index contributed by atoms with van der Waals surface area (Å²) in [6.07, 6.45) is 1.41. The van der Waals surface area contributed by atoms with Gasteiger partial charge in [-0.3, -0.25) is 14.4 Å². The molecule has 0 aliphatic carbocycles. The Labute approximate surface area is 137 Å². The third-order valence-corrected chi connectivity index (χ3v) is 4.81. The predicted molar refractivity (Wildman–Crippen MR) is 86.2 cm³/mol. The van der Waals surface area contributed by atoms with Gasteiger partial charge in [0.05, 0.1) is 4.88 Å².